The fourth-order valence-electron chi connectivity index (χ4n) is 11.8. The monoisotopic (exact) mass is 740 g/mol. The Bertz CT molecular complexity index is 1380. The van der Waals surface area contributed by atoms with Gasteiger partial charge < -0.3 is 64.2 Å². The van der Waals surface area contributed by atoms with Crippen LogP contribution in [0.15, 0.2) is 11.6 Å². The summed E-state index contributed by atoms with van der Waals surface area (Å²) in [5.74, 6) is -1.28. The summed E-state index contributed by atoms with van der Waals surface area (Å²) in [6.07, 6.45) is -6.99. The zero-order valence-corrected chi connectivity index (χ0v) is 30.3. The van der Waals surface area contributed by atoms with E-state index in [1.165, 1.54) is 13.0 Å². The van der Waals surface area contributed by atoms with Crippen molar-refractivity contribution in [2.75, 3.05) is 13.2 Å². The average Bonchev–Trinajstić information content (AvgIpc) is 3.59. The smallest absolute Gasteiger partial charge is 0.331 e. The minimum absolute atomic E-state index is 0.000503. The number of aliphatic hydroxyl groups is 7. The topological polar surface area (TPSA) is 231 Å². The van der Waals surface area contributed by atoms with Crippen LogP contribution in [0.5, 0.6) is 0 Å². The van der Waals surface area contributed by atoms with E-state index in [0.29, 0.717) is 19.3 Å². The Kier molecular flexibility index (Phi) is 10.4. The Morgan fingerprint density at radius 2 is 1.71 bits per heavy atom. The minimum atomic E-state index is -1.62. The van der Waals surface area contributed by atoms with E-state index in [1.54, 1.807) is 6.92 Å². The third-order valence-electron chi connectivity index (χ3n) is 14.4. The van der Waals surface area contributed by atoms with Crippen molar-refractivity contribution in [3.63, 3.8) is 0 Å². The fraction of sp³-hybridized carbons (Fsp3) is 0.892. The molecule has 0 spiro atoms. The van der Waals surface area contributed by atoms with E-state index >= 15 is 0 Å². The molecule has 19 atom stereocenters. The van der Waals surface area contributed by atoms with Gasteiger partial charge in [0.05, 0.1) is 36.6 Å². The lowest BCUT2D eigenvalue weighted by Crippen LogP contribution is -2.65. The molecule has 3 aliphatic heterocycles. The normalized spacial score (nSPS) is 53.3. The first-order valence-electron chi connectivity index (χ1n) is 18.9. The molecule has 15 nitrogen and oxygen atoms in total. The molecule has 6 fully saturated rings. The second-order valence-corrected chi connectivity index (χ2v) is 17.0. The molecule has 19 unspecified atom stereocenters. The molecule has 4 aliphatic carbocycles. The van der Waals surface area contributed by atoms with Crippen molar-refractivity contribution in [3.05, 3.63) is 11.6 Å². The first-order valence-corrected chi connectivity index (χ1v) is 18.9. The molecule has 3 heterocycles. The first kappa shape index (κ1) is 38.5. The van der Waals surface area contributed by atoms with Crippen molar-refractivity contribution in [1.29, 1.82) is 0 Å². The number of hydrogen-bond acceptors (Lipinski definition) is 15. The maximum Gasteiger partial charge on any atom is 0.331 e. The molecule has 0 radical (unpaired) electrons. The van der Waals surface area contributed by atoms with Crippen molar-refractivity contribution in [2.24, 2.45) is 34.5 Å². The van der Waals surface area contributed by atoms with E-state index in [1.807, 2.05) is 0 Å². The molecule has 15 heteroatoms. The molecule has 52 heavy (non-hydrogen) atoms. The largest absolute Gasteiger partial charge is 0.462 e. The molecule has 0 amide bonds. The van der Waals surface area contributed by atoms with Gasteiger partial charge in [0.2, 0.25) is 0 Å². The summed E-state index contributed by atoms with van der Waals surface area (Å²) < 4.78 is 34.9. The Balaban J connectivity index is 1.01. The number of cyclic esters (lactones) is 1. The number of rotatable bonds is 7. The summed E-state index contributed by atoms with van der Waals surface area (Å²) in [5, 5.41) is 76.0. The molecular formula is C37H56O15. The van der Waals surface area contributed by atoms with Crippen molar-refractivity contribution in [2.45, 2.75) is 158 Å². The van der Waals surface area contributed by atoms with Crippen LogP contribution in [0.25, 0.3) is 0 Å². The van der Waals surface area contributed by atoms with Gasteiger partial charge in [-0.25, -0.2) is 4.79 Å². The number of hydrogen-bond donors (Lipinski definition) is 7. The number of aliphatic hydroxyl groups excluding tert-OH is 6. The third-order valence-corrected chi connectivity index (χ3v) is 14.4. The van der Waals surface area contributed by atoms with Gasteiger partial charge in [0, 0.05) is 43.6 Å². The summed E-state index contributed by atoms with van der Waals surface area (Å²) in [4.78, 5) is 24.3. The van der Waals surface area contributed by atoms with Gasteiger partial charge in [-0.3, -0.25) is 4.79 Å². The highest BCUT2D eigenvalue weighted by atomic mass is 16.7. The van der Waals surface area contributed by atoms with Crippen LogP contribution in [0.4, 0.5) is 0 Å². The van der Waals surface area contributed by atoms with Crippen LogP contribution in [-0.4, -0.2) is 140 Å². The van der Waals surface area contributed by atoms with Crippen molar-refractivity contribution >= 4 is 11.9 Å². The van der Waals surface area contributed by atoms with Gasteiger partial charge in [-0.15, -0.1) is 0 Å². The summed E-state index contributed by atoms with van der Waals surface area (Å²) in [5.41, 5.74) is -1.61. The van der Waals surface area contributed by atoms with E-state index in [0.717, 1.165) is 24.8 Å². The van der Waals surface area contributed by atoms with Crippen LogP contribution in [0.3, 0.4) is 0 Å². The van der Waals surface area contributed by atoms with Gasteiger partial charge in [-0.2, -0.15) is 0 Å². The Hall–Kier alpha value is -1.76. The van der Waals surface area contributed by atoms with Crippen molar-refractivity contribution < 1.29 is 73.8 Å². The molecule has 7 N–H and O–H groups in total. The van der Waals surface area contributed by atoms with Gasteiger partial charge in [-0.1, -0.05) is 13.8 Å². The summed E-state index contributed by atoms with van der Waals surface area (Å²) in [6.45, 7) is 6.73. The molecule has 7 aliphatic rings. The van der Waals surface area contributed by atoms with Crippen LogP contribution in [0.2, 0.25) is 0 Å². The second-order valence-electron chi connectivity index (χ2n) is 17.0. The predicted octanol–water partition coefficient (Wildman–Crippen LogP) is -0.178. The fourth-order valence-corrected chi connectivity index (χ4v) is 11.8. The average molecular weight is 741 g/mol. The SMILES string of the molecule is CC(=O)OC1CC2(O)C3CCC4CC(OC5CC(O)C(OC6OC(CO)C(O)C(O)C6O)C(C)O5)CC(O)C4(C)C3CCC2(C)C1C1=CC(=O)OC1. The maximum atomic E-state index is 12.8. The second kappa shape index (κ2) is 14.1. The van der Waals surface area contributed by atoms with E-state index in [2.05, 4.69) is 13.8 Å². The quantitative estimate of drug-likeness (QED) is 0.133. The molecule has 0 aromatic carbocycles. The van der Waals surface area contributed by atoms with Crippen LogP contribution < -0.4 is 0 Å². The Labute approximate surface area is 303 Å². The molecule has 0 aromatic heterocycles. The highest BCUT2D eigenvalue weighted by Crippen LogP contribution is 2.70. The minimum Gasteiger partial charge on any atom is -0.462 e. The zero-order chi connectivity index (χ0) is 37.5. The lowest BCUT2D eigenvalue weighted by atomic mass is 9.42. The van der Waals surface area contributed by atoms with E-state index in [9.17, 15) is 45.3 Å². The maximum absolute atomic E-state index is 12.8. The van der Waals surface area contributed by atoms with Crippen LogP contribution in [0.1, 0.15) is 79.1 Å². The van der Waals surface area contributed by atoms with Crippen molar-refractivity contribution in [1.82, 2.24) is 0 Å². The zero-order valence-electron chi connectivity index (χ0n) is 30.3. The number of carbonyl (C=O) groups is 2. The molecule has 2 saturated heterocycles. The molecule has 4 saturated carbocycles. The van der Waals surface area contributed by atoms with E-state index in [-0.39, 0.29) is 49.2 Å². The number of ether oxygens (including phenoxy) is 6. The Morgan fingerprint density at radius 1 is 0.962 bits per heavy atom. The van der Waals surface area contributed by atoms with E-state index in [4.69, 9.17) is 28.4 Å². The lowest BCUT2D eigenvalue weighted by Gasteiger charge is -2.64. The van der Waals surface area contributed by atoms with Gasteiger partial charge in [0.25, 0.3) is 0 Å². The number of fused-ring (bicyclic) bond motifs is 5. The van der Waals surface area contributed by atoms with Gasteiger partial charge in [0.1, 0.15) is 43.2 Å². The number of carbonyl (C=O) groups excluding carboxylic acids is 2. The van der Waals surface area contributed by atoms with Gasteiger partial charge in [0.15, 0.2) is 12.6 Å². The number of esters is 2. The van der Waals surface area contributed by atoms with Crippen LogP contribution in [-0.2, 0) is 38.0 Å². The molecule has 0 bridgehead atoms. The standard InChI is InChI=1S/C37H56O15/c1-16-33(52-34-32(45)31(44)30(43)25(14-38)51-34)23(40)12-28(48-16)50-20-10-19-5-6-22-21(36(19,4)26(41)11-20)7-8-35(3)29(18-9-27(42)47-15-18)24(49-17(2)39)13-37(22,35)46/h9,16,19-26,28-34,38,40-41,43-46H,5-8,10-15H2,1-4H3. The lowest BCUT2D eigenvalue weighted by molar-refractivity contribution is -0.345. The molecule has 294 valence electrons. The summed E-state index contributed by atoms with van der Waals surface area (Å²) in [7, 11) is 0. The third kappa shape index (κ3) is 6.16. The molecule has 7 rings (SSSR count). The summed E-state index contributed by atoms with van der Waals surface area (Å²) >= 11 is 0. The van der Waals surface area contributed by atoms with Gasteiger partial charge in [-0.05, 0) is 67.8 Å². The first-order chi connectivity index (χ1) is 24.5. The highest BCUT2D eigenvalue weighted by molar-refractivity contribution is 5.85. The molecule has 0 aromatic rings. The highest BCUT2D eigenvalue weighted by Gasteiger charge is 2.72. The van der Waals surface area contributed by atoms with E-state index < -0.39 is 102 Å². The Morgan fingerprint density at radius 3 is 2.37 bits per heavy atom. The predicted molar refractivity (Wildman–Crippen MR) is 177 cm³/mol. The summed E-state index contributed by atoms with van der Waals surface area (Å²) in [6, 6.07) is 0. The molecular weight excluding hydrogens is 684 g/mol. The van der Waals surface area contributed by atoms with Crippen LogP contribution >= 0.6 is 0 Å². The van der Waals surface area contributed by atoms with Crippen LogP contribution in [0, 0.1) is 34.5 Å². The van der Waals surface area contributed by atoms with Gasteiger partial charge >= 0.3 is 11.9 Å². The van der Waals surface area contributed by atoms with Crippen molar-refractivity contribution in [3.8, 4) is 0 Å².